The van der Waals surface area contributed by atoms with Crippen molar-refractivity contribution in [2.75, 3.05) is 20.8 Å². The van der Waals surface area contributed by atoms with E-state index in [1.54, 1.807) is 7.11 Å². The maximum absolute atomic E-state index is 11.8. The fourth-order valence-electron chi connectivity index (χ4n) is 1.61. The molecule has 2 atom stereocenters. The summed E-state index contributed by atoms with van der Waals surface area (Å²) in [5, 5.41) is 2.84. The summed E-state index contributed by atoms with van der Waals surface area (Å²) in [6, 6.07) is 4.85. The van der Waals surface area contributed by atoms with Gasteiger partial charge in [0.05, 0.1) is 24.2 Å². The van der Waals surface area contributed by atoms with Gasteiger partial charge in [-0.3, -0.25) is 4.79 Å². The molecule has 0 radical (unpaired) electrons. The Labute approximate surface area is 133 Å². The minimum atomic E-state index is -0.658. The van der Waals surface area contributed by atoms with E-state index in [-0.39, 0.29) is 31.0 Å². The zero-order valence-corrected chi connectivity index (χ0v) is 14.1. The van der Waals surface area contributed by atoms with Crippen LogP contribution in [0.1, 0.15) is 18.5 Å². The molecule has 7 heteroatoms. The summed E-state index contributed by atoms with van der Waals surface area (Å²) in [6.45, 7) is 2.09. The van der Waals surface area contributed by atoms with Crippen molar-refractivity contribution in [1.82, 2.24) is 5.32 Å². The number of carbonyl (C=O) groups excluding carboxylic acids is 1. The summed E-state index contributed by atoms with van der Waals surface area (Å²) in [5.74, 6) is 0.514. The lowest BCUT2D eigenvalue weighted by Crippen LogP contribution is -2.44. The van der Waals surface area contributed by atoms with E-state index in [2.05, 4.69) is 21.2 Å². The van der Waals surface area contributed by atoms with Crippen molar-refractivity contribution in [3.63, 3.8) is 0 Å². The molecule has 0 aliphatic rings. The Morgan fingerprint density at radius 1 is 1.45 bits per heavy atom. The second kappa shape index (κ2) is 9.18. The Hall–Kier alpha value is -0.820. The minimum absolute atomic E-state index is 0. The summed E-state index contributed by atoms with van der Waals surface area (Å²) < 4.78 is 10.9. The van der Waals surface area contributed by atoms with Gasteiger partial charge in [-0.05, 0) is 40.5 Å². The Balaban J connectivity index is 0.00000361. The number of ether oxygens (including phenoxy) is 2. The first-order chi connectivity index (χ1) is 8.99. The van der Waals surface area contributed by atoms with Gasteiger partial charge in [0.25, 0.3) is 0 Å². The van der Waals surface area contributed by atoms with E-state index >= 15 is 0 Å². The summed E-state index contributed by atoms with van der Waals surface area (Å²) in [6.07, 6.45) is 0. The molecule has 1 aromatic carbocycles. The van der Waals surface area contributed by atoms with E-state index in [1.807, 2.05) is 25.1 Å². The van der Waals surface area contributed by atoms with Crippen molar-refractivity contribution >= 4 is 34.2 Å². The highest BCUT2D eigenvalue weighted by Crippen LogP contribution is 2.27. The lowest BCUT2D eigenvalue weighted by molar-refractivity contribution is -0.124. The van der Waals surface area contributed by atoms with Gasteiger partial charge in [-0.2, -0.15) is 0 Å². The monoisotopic (exact) mass is 366 g/mol. The van der Waals surface area contributed by atoms with E-state index < -0.39 is 6.04 Å². The van der Waals surface area contributed by atoms with Crippen molar-refractivity contribution in [3.05, 3.63) is 28.2 Å². The van der Waals surface area contributed by atoms with Gasteiger partial charge in [0, 0.05) is 7.11 Å². The maximum Gasteiger partial charge on any atom is 0.239 e. The molecule has 1 amide bonds. The van der Waals surface area contributed by atoms with Crippen LogP contribution in [-0.2, 0) is 9.53 Å². The van der Waals surface area contributed by atoms with Crippen LogP contribution < -0.4 is 15.8 Å². The average Bonchev–Trinajstić information content (AvgIpc) is 2.38. The van der Waals surface area contributed by atoms with Gasteiger partial charge in [-0.25, -0.2) is 0 Å². The molecule has 0 saturated heterocycles. The molecule has 114 valence electrons. The van der Waals surface area contributed by atoms with Crippen molar-refractivity contribution < 1.29 is 14.3 Å². The number of amides is 1. The molecule has 3 N–H and O–H groups in total. The number of carbonyl (C=O) groups is 1. The van der Waals surface area contributed by atoms with Crippen LogP contribution in [0.3, 0.4) is 0 Å². The fraction of sp³-hybridized carbons (Fsp3) is 0.462. The molecule has 0 heterocycles. The van der Waals surface area contributed by atoms with Crippen LogP contribution in [0, 0.1) is 0 Å². The topological polar surface area (TPSA) is 73.6 Å². The van der Waals surface area contributed by atoms with Crippen LogP contribution in [0.4, 0.5) is 0 Å². The molecule has 0 aromatic heterocycles. The van der Waals surface area contributed by atoms with Crippen molar-refractivity contribution in [3.8, 4) is 5.75 Å². The van der Waals surface area contributed by atoms with Crippen LogP contribution in [0.25, 0.3) is 0 Å². The molecule has 0 spiro atoms. The van der Waals surface area contributed by atoms with E-state index in [0.29, 0.717) is 0 Å². The molecular formula is C13H20BrClN2O3. The van der Waals surface area contributed by atoms with E-state index in [4.69, 9.17) is 15.2 Å². The molecule has 2 unspecified atom stereocenters. The first kappa shape index (κ1) is 19.2. The molecular weight excluding hydrogens is 348 g/mol. The highest BCUT2D eigenvalue weighted by atomic mass is 79.9. The Bertz CT molecular complexity index is 446. The quantitative estimate of drug-likeness (QED) is 0.807. The molecule has 1 aromatic rings. The van der Waals surface area contributed by atoms with Crippen LogP contribution in [-0.4, -0.2) is 32.8 Å². The standard InChI is InChI=1S/C13H19BrN2O3.ClH/c1-8(16-13(17)11(15)7-18-2)9-4-5-12(19-3)10(14)6-9;/h4-6,8,11H,7,15H2,1-3H3,(H,16,17);1H. The highest BCUT2D eigenvalue weighted by Gasteiger charge is 2.17. The predicted octanol–water partition coefficient (Wildman–Crippen LogP) is 2.03. The summed E-state index contributed by atoms with van der Waals surface area (Å²) in [5.41, 5.74) is 6.63. The number of halogens is 2. The summed E-state index contributed by atoms with van der Waals surface area (Å²) in [7, 11) is 3.12. The number of hydrogen-bond donors (Lipinski definition) is 2. The number of benzene rings is 1. The predicted molar refractivity (Wildman–Crippen MR) is 84.4 cm³/mol. The maximum atomic E-state index is 11.8. The molecule has 0 aliphatic carbocycles. The van der Waals surface area contributed by atoms with Crippen LogP contribution >= 0.6 is 28.3 Å². The molecule has 20 heavy (non-hydrogen) atoms. The van der Waals surface area contributed by atoms with Crippen molar-refractivity contribution in [2.24, 2.45) is 5.73 Å². The molecule has 0 bridgehead atoms. The largest absolute Gasteiger partial charge is 0.496 e. The van der Waals surface area contributed by atoms with Gasteiger partial charge < -0.3 is 20.5 Å². The number of nitrogens with one attached hydrogen (secondary N) is 1. The van der Waals surface area contributed by atoms with Crippen molar-refractivity contribution in [2.45, 2.75) is 19.0 Å². The smallest absolute Gasteiger partial charge is 0.239 e. The van der Waals surface area contributed by atoms with Gasteiger partial charge in [-0.15, -0.1) is 12.4 Å². The third-order valence-electron chi connectivity index (χ3n) is 2.72. The lowest BCUT2D eigenvalue weighted by Gasteiger charge is -2.18. The number of hydrogen-bond acceptors (Lipinski definition) is 4. The third kappa shape index (κ3) is 5.28. The van der Waals surface area contributed by atoms with E-state index in [9.17, 15) is 4.79 Å². The van der Waals surface area contributed by atoms with Gasteiger partial charge in [0.2, 0.25) is 5.91 Å². The summed E-state index contributed by atoms with van der Waals surface area (Å²) in [4.78, 5) is 11.8. The second-order valence-electron chi connectivity index (χ2n) is 4.19. The Morgan fingerprint density at radius 3 is 2.60 bits per heavy atom. The number of nitrogens with two attached hydrogens (primary N) is 1. The third-order valence-corrected chi connectivity index (χ3v) is 3.34. The molecule has 1 rings (SSSR count). The van der Waals surface area contributed by atoms with Crippen LogP contribution in [0.5, 0.6) is 5.75 Å². The first-order valence-electron chi connectivity index (χ1n) is 5.88. The van der Waals surface area contributed by atoms with Crippen molar-refractivity contribution in [1.29, 1.82) is 0 Å². The normalized spacial score (nSPS) is 13.1. The van der Waals surface area contributed by atoms with Gasteiger partial charge in [-0.1, -0.05) is 6.07 Å². The molecule has 0 saturated carbocycles. The van der Waals surface area contributed by atoms with Gasteiger partial charge in [0.1, 0.15) is 11.8 Å². The molecule has 0 aliphatic heterocycles. The van der Waals surface area contributed by atoms with Crippen LogP contribution in [0.15, 0.2) is 22.7 Å². The zero-order chi connectivity index (χ0) is 14.4. The van der Waals surface area contributed by atoms with Crippen LogP contribution in [0.2, 0.25) is 0 Å². The highest BCUT2D eigenvalue weighted by molar-refractivity contribution is 9.10. The van der Waals surface area contributed by atoms with Gasteiger partial charge in [0.15, 0.2) is 0 Å². The average molecular weight is 368 g/mol. The minimum Gasteiger partial charge on any atom is -0.496 e. The summed E-state index contributed by atoms with van der Waals surface area (Å²) >= 11 is 3.41. The lowest BCUT2D eigenvalue weighted by atomic mass is 10.1. The molecule has 0 fully saturated rings. The van der Waals surface area contributed by atoms with E-state index in [0.717, 1.165) is 15.8 Å². The number of methoxy groups -OCH3 is 2. The van der Waals surface area contributed by atoms with E-state index in [1.165, 1.54) is 7.11 Å². The first-order valence-corrected chi connectivity index (χ1v) is 6.67. The zero-order valence-electron chi connectivity index (χ0n) is 11.7. The molecule has 5 nitrogen and oxygen atoms in total. The Morgan fingerprint density at radius 2 is 2.10 bits per heavy atom. The SMILES string of the molecule is COCC(N)C(=O)NC(C)c1ccc(OC)c(Br)c1.Cl. The fourth-order valence-corrected chi connectivity index (χ4v) is 2.17. The number of rotatable bonds is 6. The Kier molecular flexibility index (Phi) is 8.80. The second-order valence-corrected chi connectivity index (χ2v) is 5.04. The van der Waals surface area contributed by atoms with Gasteiger partial charge >= 0.3 is 0 Å².